The molecule has 0 aliphatic heterocycles. The second-order valence-electron chi connectivity index (χ2n) is 2.40. The van der Waals surface area contributed by atoms with Crippen LogP contribution in [0, 0.1) is 4.77 Å². The van der Waals surface area contributed by atoms with Gasteiger partial charge in [0.05, 0.1) is 10.7 Å². The van der Waals surface area contributed by atoms with Crippen molar-refractivity contribution < 1.29 is 0 Å². The molecule has 1 aromatic rings. The Labute approximate surface area is 75.5 Å². The van der Waals surface area contributed by atoms with Gasteiger partial charge in [-0.3, -0.25) is 0 Å². The Morgan fingerprint density at radius 1 is 1.67 bits per heavy atom. The van der Waals surface area contributed by atoms with Gasteiger partial charge in [0.1, 0.15) is 0 Å². The van der Waals surface area contributed by atoms with Crippen LogP contribution in [0.5, 0.6) is 0 Å². The molecule has 0 unspecified atom stereocenters. The number of aromatic nitrogens is 2. The summed E-state index contributed by atoms with van der Waals surface area (Å²) in [5.41, 5.74) is 5.21. The molecule has 64 valence electrons. The van der Waals surface area contributed by atoms with Crippen LogP contribution in [0.15, 0.2) is 12.3 Å². The third-order valence-electron chi connectivity index (χ3n) is 1.60. The Kier molecular flexibility index (Phi) is 2.50. The minimum absolute atomic E-state index is 0.664. The van der Waals surface area contributed by atoms with Crippen LogP contribution in [-0.4, -0.2) is 9.55 Å². The van der Waals surface area contributed by atoms with E-state index >= 15 is 0 Å². The molecular formula is C8H11N3S. The molecule has 0 atom stereocenters. The van der Waals surface area contributed by atoms with E-state index in [9.17, 15) is 0 Å². The highest BCUT2D eigenvalue weighted by atomic mass is 32.1. The van der Waals surface area contributed by atoms with Crippen molar-refractivity contribution in [3.05, 3.63) is 27.7 Å². The minimum atomic E-state index is 0.664. The molecule has 0 aliphatic rings. The quantitative estimate of drug-likeness (QED) is 0.587. The average Bonchev–Trinajstić information content (AvgIpc) is 2.25. The summed E-state index contributed by atoms with van der Waals surface area (Å²) in [5.74, 6) is 0. The molecular weight excluding hydrogens is 170 g/mol. The highest BCUT2D eigenvalue weighted by Gasteiger charge is 1.89. The molecule has 0 aromatic carbocycles. The summed E-state index contributed by atoms with van der Waals surface area (Å²) >= 11 is 5.00. The van der Waals surface area contributed by atoms with Crippen molar-refractivity contribution in [2.45, 2.75) is 0 Å². The SMILES string of the molecule is C=c1[nH]c(=S)n(C)/c1=C/C=C\N. The first kappa shape index (κ1) is 8.80. The van der Waals surface area contributed by atoms with E-state index in [1.54, 1.807) is 6.08 Å². The smallest absolute Gasteiger partial charge is 0.177 e. The fraction of sp³-hybridized carbons (Fsp3) is 0.125. The number of H-pyrrole nitrogens is 1. The molecule has 3 nitrogen and oxygen atoms in total. The van der Waals surface area contributed by atoms with Crippen LogP contribution >= 0.6 is 12.2 Å². The van der Waals surface area contributed by atoms with E-state index in [4.69, 9.17) is 18.0 Å². The lowest BCUT2D eigenvalue weighted by molar-refractivity contribution is 0.864. The summed E-state index contributed by atoms with van der Waals surface area (Å²) < 4.78 is 2.51. The Balaban J connectivity index is 3.53. The predicted molar refractivity (Wildman–Crippen MR) is 53.2 cm³/mol. The van der Waals surface area contributed by atoms with E-state index in [1.165, 1.54) is 6.20 Å². The number of nitrogens with two attached hydrogens (primary N) is 1. The summed E-state index contributed by atoms with van der Waals surface area (Å²) in [4.78, 5) is 2.95. The van der Waals surface area contributed by atoms with Gasteiger partial charge in [0.2, 0.25) is 0 Å². The molecule has 0 radical (unpaired) electrons. The van der Waals surface area contributed by atoms with Crippen molar-refractivity contribution in [1.82, 2.24) is 9.55 Å². The van der Waals surface area contributed by atoms with Crippen molar-refractivity contribution >= 4 is 24.9 Å². The first-order chi connectivity index (χ1) is 5.66. The van der Waals surface area contributed by atoms with Gasteiger partial charge in [-0.05, 0) is 30.6 Å². The molecule has 1 aromatic heterocycles. The zero-order valence-electron chi connectivity index (χ0n) is 6.87. The van der Waals surface area contributed by atoms with Gasteiger partial charge in [-0.25, -0.2) is 0 Å². The topological polar surface area (TPSA) is 46.7 Å². The molecule has 0 aliphatic carbocycles. The van der Waals surface area contributed by atoms with Crippen molar-refractivity contribution in [2.24, 2.45) is 12.8 Å². The largest absolute Gasteiger partial charge is 0.405 e. The van der Waals surface area contributed by atoms with Crippen LogP contribution in [0.2, 0.25) is 0 Å². The lowest BCUT2D eigenvalue weighted by Gasteiger charge is -1.86. The third kappa shape index (κ3) is 1.48. The second kappa shape index (κ2) is 3.40. The fourth-order valence-corrected chi connectivity index (χ4v) is 1.17. The normalized spacial score (nSPS) is 12.9. The Morgan fingerprint density at radius 3 is 2.75 bits per heavy atom. The zero-order chi connectivity index (χ0) is 9.14. The standard InChI is InChI=1S/C8H11N3S/c1-6-7(4-3-5-9)11(2)8(12)10-6/h3-5H,1,9H2,2H3,(H,10,12)/b5-3-,7-4+. The summed E-state index contributed by atoms with van der Waals surface area (Å²) in [6, 6.07) is 0. The van der Waals surface area contributed by atoms with E-state index in [-0.39, 0.29) is 0 Å². The van der Waals surface area contributed by atoms with Crippen molar-refractivity contribution in [3.63, 3.8) is 0 Å². The van der Waals surface area contributed by atoms with E-state index in [0.717, 1.165) is 10.7 Å². The first-order valence-corrected chi connectivity index (χ1v) is 3.90. The van der Waals surface area contributed by atoms with E-state index in [2.05, 4.69) is 11.6 Å². The van der Waals surface area contributed by atoms with Crippen molar-refractivity contribution in [3.8, 4) is 0 Å². The third-order valence-corrected chi connectivity index (χ3v) is 1.97. The van der Waals surface area contributed by atoms with Gasteiger partial charge in [-0.1, -0.05) is 6.58 Å². The Morgan fingerprint density at radius 2 is 2.33 bits per heavy atom. The summed E-state index contributed by atoms with van der Waals surface area (Å²) in [5, 5.41) is 1.75. The molecule has 1 heterocycles. The minimum Gasteiger partial charge on any atom is -0.405 e. The summed E-state index contributed by atoms with van der Waals surface area (Å²) in [7, 11) is 1.88. The highest BCUT2D eigenvalue weighted by Crippen LogP contribution is 1.74. The molecule has 3 N–H and O–H groups in total. The van der Waals surface area contributed by atoms with Crippen LogP contribution in [0.25, 0.3) is 12.7 Å². The molecule has 1 rings (SSSR count). The van der Waals surface area contributed by atoms with E-state index < -0.39 is 0 Å². The second-order valence-corrected chi connectivity index (χ2v) is 2.79. The first-order valence-electron chi connectivity index (χ1n) is 3.49. The Bertz CT molecular complexity index is 450. The maximum Gasteiger partial charge on any atom is 0.177 e. The van der Waals surface area contributed by atoms with Crippen LogP contribution in [0.1, 0.15) is 0 Å². The maximum atomic E-state index is 5.21. The number of nitrogens with zero attached hydrogens (tertiary/aromatic N) is 1. The molecule has 0 spiro atoms. The molecule has 4 heteroatoms. The molecule has 0 amide bonds. The van der Waals surface area contributed by atoms with Gasteiger partial charge < -0.3 is 15.3 Å². The van der Waals surface area contributed by atoms with Gasteiger partial charge in [0, 0.05) is 7.05 Å². The number of allylic oxidation sites excluding steroid dienone is 1. The Hall–Kier alpha value is -1.29. The van der Waals surface area contributed by atoms with E-state index in [0.29, 0.717) is 4.77 Å². The fourth-order valence-electron chi connectivity index (χ4n) is 0.948. The highest BCUT2D eigenvalue weighted by molar-refractivity contribution is 7.71. The van der Waals surface area contributed by atoms with E-state index in [1.807, 2.05) is 17.7 Å². The number of rotatable bonds is 1. The maximum absolute atomic E-state index is 5.21. The van der Waals surface area contributed by atoms with Crippen LogP contribution in [0.4, 0.5) is 0 Å². The monoisotopic (exact) mass is 181 g/mol. The average molecular weight is 181 g/mol. The number of imidazole rings is 1. The molecule has 0 saturated heterocycles. The zero-order valence-corrected chi connectivity index (χ0v) is 7.69. The lowest BCUT2D eigenvalue weighted by Crippen LogP contribution is -2.27. The summed E-state index contributed by atoms with van der Waals surface area (Å²) in [6.45, 7) is 3.81. The van der Waals surface area contributed by atoms with Gasteiger partial charge in [0.15, 0.2) is 4.77 Å². The number of aromatic amines is 1. The molecule has 0 saturated carbocycles. The predicted octanol–water partition coefficient (Wildman–Crippen LogP) is -0.254. The van der Waals surface area contributed by atoms with Crippen LogP contribution in [-0.2, 0) is 7.05 Å². The van der Waals surface area contributed by atoms with Crippen molar-refractivity contribution in [2.75, 3.05) is 0 Å². The van der Waals surface area contributed by atoms with Crippen molar-refractivity contribution in [1.29, 1.82) is 0 Å². The number of hydrogen-bond acceptors (Lipinski definition) is 2. The molecule has 0 fully saturated rings. The summed E-state index contributed by atoms with van der Waals surface area (Å²) in [6.07, 6.45) is 5.07. The van der Waals surface area contributed by atoms with Gasteiger partial charge >= 0.3 is 0 Å². The molecule has 0 bridgehead atoms. The number of nitrogens with one attached hydrogen (secondary N) is 1. The lowest BCUT2D eigenvalue weighted by atomic mass is 10.4. The molecule has 12 heavy (non-hydrogen) atoms. The van der Waals surface area contributed by atoms with Gasteiger partial charge in [-0.15, -0.1) is 0 Å². The number of hydrogen-bond donors (Lipinski definition) is 2. The van der Waals surface area contributed by atoms with Gasteiger partial charge in [0.25, 0.3) is 0 Å². The van der Waals surface area contributed by atoms with Gasteiger partial charge in [-0.2, -0.15) is 0 Å². The van der Waals surface area contributed by atoms with Crippen LogP contribution < -0.4 is 16.4 Å². The van der Waals surface area contributed by atoms with Crippen LogP contribution in [0.3, 0.4) is 0 Å².